The first-order valence-corrected chi connectivity index (χ1v) is 8.93. The lowest BCUT2D eigenvalue weighted by molar-refractivity contribution is -0.143. The molecule has 2 aliphatic heterocycles. The van der Waals surface area contributed by atoms with Crippen LogP contribution in [0.15, 0.2) is 0 Å². The fourth-order valence-electron chi connectivity index (χ4n) is 3.49. The molecule has 23 heavy (non-hydrogen) atoms. The zero-order valence-electron chi connectivity index (χ0n) is 14.6. The highest BCUT2D eigenvalue weighted by molar-refractivity contribution is 5.80. The van der Waals surface area contributed by atoms with Crippen molar-refractivity contribution in [2.24, 2.45) is 5.92 Å². The molecule has 2 heterocycles. The van der Waals surface area contributed by atoms with Gasteiger partial charge in [0.05, 0.1) is 0 Å². The van der Waals surface area contributed by atoms with Crippen LogP contribution in [0.2, 0.25) is 0 Å². The van der Waals surface area contributed by atoms with Crippen LogP contribution in [0.3, 0.4) is 0 Å². The third kappa shape index (κ3) is 5.18. The van der Waals surface area contributed by atoms with Crippen molar-refractivity contribution in [3.05, 3.63) is 0 Å². The Labute approximate surface area is 139 Å². The number of hydrogen-bond acceptors (Lipinski definition) is 4. The monoisotopic (exact) mass is 325 g/mol. The summed E-state index contributed by atoms with van der Waals surface area (Å²) < 4.78 is 5.09. The Bertz CT molecular complexity index is 387. The van der Waals surface area contributed by atoms with Crippen LogP contribution in [-0.2, 0) is 14.3 Å². The average molecular weight is 325 g/mol. The highest BCUT2D eigenvalue weighted by Gasteiger charge is 2.30. The molecule has 132 valence electrons. The summed E-state index contributed by atoms with van der Waals surface area (Å²) in [5, 5.41) is 0. The highest BCUT2D eigenvalue weighted by Crippen LogP contribution is 2.20. The van der Waals surface area contributed by atoms with Gasteiger partial charge in [-0.2, -0.15) is 0 Å². The number of likely N-dealkylation sites (tertiary alicyclic amines) is 1. The molecule has 6 nitrogen and oxygen atoms in total. The number of ether oxygens (including phenoxy) is 1. The van der Waals surface area contributed by atoms with E-state index in [9.17, 15) is 9.59 Å². The molecular weight excluding hydrogens is 294 g/mol. The van der Waals surface area contributed by atoms with Gasteiger partial charge in [0.2, 0.25) is 11.8 Å². The molecule has 0 N–H and O–H groups in total. The Balaban J connectivity index is 1.70. The van der Waals surface area contributed by atoms with Gasteiger partial charge in [0.15, 0.2) is 0 Å². The minimum atomic E-state index is 0.169. The molecule has 0 aliphatic carbocycles. The molecule has 2 aliphatic rings. The van der Waals surface area contributed by atoms with Crippen molar-refractivity contribution in [1.29, 1.82) is 0 Å². The molecule has 0 saturated carbocycles. The Morgan fingerprint density at radius 2 is 1.61 bits per heavy atom. The van der Waals surface area contributed by atoms with Crippen molar-refractivity contribution in [3.63, 3.8) is 0 Å². The number of rotatable bonds is 6. The van der Waals surface area contributed by atoms with Gasteiger partial charge >= 0.3 is 0 Å². The van der Waals surface area contributed by atoms with Gasteiger partial charge in [0.1, 0.15) is 0 Å². The predicted octanol–water partition coefficient (Wildman–Crippen LogP) is 0.816. The number of methoxy groups -OCH3 is 1. The summed E-state index contributed by atoms with van der Waals surface area (Å²) in [6, 6.07) is 0. The molecule has 2 amide bonds. The highest BCUT2D eigenvalue weighted by atomic mass is 16.5. The van der Waals surface area contributed by atoms with Crippen molar-refractivity contribution in [2.75, 3.05) is 59.5 Å². The van der Waals surface area contributed by atoms with Gasteiger partial charge in [-0.25, -0.2) is 0 Å². The molecule has 0 aromatic rings. The van der Waals surface area contributed by atoms with Gasteiger partial charge in [-0.05, 0) is 32.4 Å². The Morgan fingerprint density at radius 1 is 1.00 bits per heavy atom. The molecule has 2 fully saturated rings. The first kappa shape index (κ1) is 18.2. The van der Waals surface area contributed by atoms with Gasteiger partial charge in [0.25, 0.3) is 0 Å². The summed E-state index contributed by atoms with van der Waals surface area (Å²) in [5.41, 5.74) is 0. The Morgan fingerprint density at radius 3 is 2.17 bits per heavy atom. The second-order valence-corrected chi connectivity index (χ2v) is 6.52. The SMILES string of the molecule is CCC(=O)N1CCN(C(=O)C2CCN(CCCOC)CC2)CC1. The lowest BCUT2D eigenvalue weighted by Gasteiger charge is -2.38. The minimum Gasteiger partial charge on any atom is -0.385 e. The molecular formula is C17H31N3O3. The molecule has 0 atom stereocenters. The standard InChI is InChI=1S/C17H31N3O3/c1-3-16(21)19-10-12-20(13-11-19)17(22)15-5-8-18(9-6-15)7-4-14-23-2/h15H,3-14H2,1-2H3. The predicted molar refractivity (Wildman–Crippen MR) is 89.1 cm³/mol. The number of nitrogens with zero attached hydrogens (tertiary/aromatic N) is 3. The van der Waals surface area contributed by atoms with Crippen molar-refractivity contribution < 1.29 is 14.3 Å². The van der Waals surface area contributed by atoms with Crippen LogP contribution in [0, 0.1) is 5.92 Å². The molecule has 0 aromatic carbocycles. The van der Waals surface area contributed by atoms with E-state index in [1.807, 2.05) is 16.7 Å². The molecule has 0 spiro atoms. The lowest BCUT2D eigenvalue weighted by Crippen LogP contribution is -2.52. The minimum absolute atomic E-state index is 0.169. The fraction of sp³-hybridized carbons (Fsp3) is 0.882. The zero-order chi connectivity index (χ0) is 16.7. The Hall–Kier alpha value is -1.14. The van der Waals surface area contributed by atoms with Crippen molar-refractivity contribution in [2.45, 2.75) is 32.6 Å². The van der Waals surface area contributed by atoms with Crippen molar-refractivity contribution in [1.82, 2.24) is 14.7 Å². The van der Waals surface area contributed by atoms with Crippen LogP contribution < -0.4 is 0 Å². The van der Waals surface area contributed by atoms with Crippen LogP contribution >= 0.6 is 0 Å². The first-order valence-electron chi connectivity index (χ1n) is 8.93. The molecule has 0 unspecified atom stereocenters. The number of piperidine rings is 1. The lowest BCUT2D eigenvalue weighted by atomic mass is 9.95. The van der Waals surface area contributed by atoms with Crippen molar-refractivity contribution in [3.8, 4) is 0 Å². The summed E-state index contributed by atoms with van der Waals surface area (Å²) in [7, 11) is 1.73. The van der Waals surface area contributed by atoms with Gasteiger partial charge in [-0.15, -0.1) is 0 Å². The zero-order valence-corrected chi connectivity index (χ0v) is 14.6. The molecule has 0 radical (unpaired) electrons. The maximum atomic E-state index is 12.7. The smallest absolute Gasteiger partial charge is 0.225 e. The van der Waals surface area contributed by atoms with Gasteiger partial charge < -0.3 is 19.4 Å². The van der Waals surface area contributed by atoms with Crippen LogP contribution in [0.5, 0.6) is 0 Å². The van der Waals surface area contributed by atoms with E-state index in [0.29, 0.717) is 38.5 Å². The maximum absolute atomic E-state index is 12.7. The van der Waals surface area contributed by atoms with E-state index in [1.165, 1.54) is 0 Å². The van der Waals surface area contributed by atoms with Gasteiger partial charge in [-0.3, -0.25) is 9.59 Å². The van der Waals surface area contributed by atoms with E-state index in [0.717, 1.165) is 45.5 Å². The fourth-order valence-corrected chi connectivity index (χ4v) is 3.49. The molecule has 2 rings (SSSR count). The molecule has 0 bridgehead atoms. The van der Waals surface area contributed by atoms with Crippen LogP contribution in [0.1, 0.15) is 32.6 Å². The summed E-state index contributed by atoms with van der Waals surface area (Å²) in [6.45, 7) is 8.54. The second-order valence-electron chi connectivity index (χ2n) is 6.52. The number of amides is 2. The van der Waals surface area contributed by atoms with E-state index in [-0.39, 0.29) is 11.8 Å². The van der Waals surface area contributed by atoms with Crippen LogP contribution in [0.25, 0.3) is 0 Å². The topological polar surface area (TPSA) is 53.1 Å². The normalized spacial score (nSPS) is 20.8. The molecule has 0 aromatic heterocycles. The first-order chi connectivity index (χ1) is 11.2. The largest absolute Gasteiger partial charge is 0.385 e. The van der Waals surface area contributed by atoms with Crippen LogP contribution in [-0.4, -0.2) is 86.0 Å². The van der Waals surface area contributed by atoms with E-state index in [1.54, 1.807) is 7.11 Å². The summed E-state index contributed by atoms with van der Waals surface area (Å²) in [5.74, 6) is 0.661. The summed E-state index contributed by atoms with van der Waals surface area (Å²) in [6.07, 6.45) is 3.53. The quantitative estimate of drug-likeness (QED) is 0.679. The average Bonchev–Trinajstić information content (AvgIpc) is 2.61. The van der Waals surface area contributed by atoms with E-state index < -0.39 is 0 Å². The number of hydrogen-bond donors (Lipinski definition) is 0. The van der Waals surface area contributed by atoms with Crippen LogP contribution in [0.4, 0.5) is 0 Å². The van der Waals surface area contributed by atoms with E-state index in [2.05, 4.69) is 4.90 Å². The second kappa shape index (κ2) is 9.23. The van der Waals surface area contributed by atoms with E-state index in [4.69, 9.17) is 4.74 Å². The maximum Gasteiger partial charge on any atom is 0.225 e. The Kier molecular flexibility index (Phi) is 7.30. The number of piperazine rings is 1. The number of carbonyl (C=O) groups is 2. The van der Waals surface area contributed by atoms with Gasteiger partial charge in [0, 0.05) is 58.8 Å². The van der Waals surface area contributed by atoms with E-state index >= 15 is 0 Å². The number of carbonyl (C=O) groups excluding carboxylic acids is 2. The van der Waals surface area contributed by atoms with Crippen molar-refractivity contribution >= 4 is 11.8 Å². The third-order valence-electron chi connectivity index (χ3n) is 5.01. The molecule has 2 saturated heterocycles. The third-order valence-corrected chi connectivity index (χ3v) is 5.01. The summed E-state index contributed by atoms with van der Waals surface area (Å²) >= 11 is 0. The molecule has 6 heteroatoms. The summed E-state index contributed by atoms with van der Waals surface area (Å²) in [4.78, 5) is 30.6. The van der Waals surface area contributed by atoms with Gasteiger partial charge in [-0.1, -0.05) is 6.92 Å².